The van der Waals surface area contributed by atoms with E-state index in [4.69, 9.17) is 46.1 Å². The van der Waals surface area contributed by atoms with Crippen molar-refractivity contribution < 1.29 is 0 Å². The number of thiocarbonyl (C=S) groups is 2. The van der Waals surface area contributed by atoms with Crippen molar-refractivity contribution in [2.24, 2.45) is 21.7 Å². The topological polar surface area (TPSA) is 83.2 Å². The van der Waals surface area contributed by atoms with Gasteiger partial charge in [-0.3, -0.25) is 0 Å². The third-order valence-electron chi connectivity index (χ3n) is 5.59. The standard InChI is InChI=1S/C22H20N6S4/c23-21(29)27-17(11-15(25-27)19-3-1-9-31-19)13-5-7-14(8-6-13)18-12-16(20-4-2-10-32-20)26-28(18)22(24)30/h1-10,17-18H,11-12H2,(H2,23,29)(H2,24,30). The van der Waals surface area contributed by atoms with Crippen LogP contribution >= 0.6 is 47.1 Å². The highest BCUT2D eigenvalue weighted by atomic mass is 32.1. The highest BCUT2D eigenvalue weighted by Crippen LogP contribution is 2.37. The lowest BCUT2D eigenvalue weighted by Gasteiger charge is -2.24. The Morgan fingerprint density at radius 1 is 0.750 bits per heavy atom. The average Bonchev–Trinajstić information content (AvgIpc) is 3.58. The fourth-order valence-corrected chi connectivity index (χ4v) is 5.85. The van der Waals surface area contributed by atoms with Crippen molar-refractivity contribution in [3.8, 4) is 0 Å². The Labute approximate surface area is 204 Å². The molecule has 3 aromatic rings. The van der Waals surface area contributed by atoms with Crippen molar-refractivity contribution in [1.82, 2.24) is 10.0 Å². The number of hydrazone groups is 2. The van der Waals surface area contributed by atoms with Crippen molar-refractivity contribution in [3.05, 3.63) is 80.2 Å². The summed E-state index contributed by atoms with van der Waals surface area (Å²) in [5.41, 5.74) is 16.2. The third kappa shape index (κ3) is 3.95. The Hall–Kier alpha value is -2.66. The van der Waals surface area contributed by atoms with Gasteiger partial charge in [-0.2, -0.15) is 10.2 Å². The molecule has 2 atom stereocenters. The first-order valence-corrected chi connectivity index (χ1v) is 12.6. The van der Waals surface area contributed by atoms with E-state index in [1.54, 1.807) is 32.7 Å². The van der Waals surface area contributed by atoms with Gasteiger partial charge in [-0.05, 0) is 58.5 Å². The number of thiophene rings is 2. The van der Waals surface area contributed by atoms with E-state index >= 15 is 0 Å². The maximum atomic E-state index is 5.99. The van der Waals surface area contributed by atoms with Gasteiger partial charge in [0.05, 0.1) is 33.3 Å². The second kappa shape index (κ2) is 8.70. The monoisotopic (exact) mass is 496 g/mol. The molecule has 2 aliphatic rings. The van der Waals surface area contributed by atoms with Crippen molar-refractivity contribution in [3.63, 3.8) is 0 Å². The van der Waals surface area contributed by atoms with E-state index in [1.165, 1.54) is 0 Å². The second-order valence-corrected chi connectivity index (χ2v) is 10.3. The van der Waals surface area contributed by atoms with Gasteiger partial charge in [-0.1, -0.05) is 36.4 Å². The van der Waals surface area contributed by atoms with Crippen molar-refractivity contribution in [2.45, 2.75) is 24.9 Å². The van der Waals surface area contributed by atoms with Crippen molar-refractivity contribution >= 4 is 68.8 Å². The van der Waals surface area contributed by atoms with Crippen LogP contribution in [0.25, 0.3) is 0 Å². The van der Waals surface area contributed by atoms with Gasteiger partial charge >= 0.3 is 0 Å². The number of rotatable bonds is 4. The fourth-order valence-electron chi connectivity index (χ4n) is 4.07. The van der Waals surface area contributed by atoms with Gasteiger partial charge < -0.3 is 11.5 Å². The molecule has 0 saturated heterocycles. The van der Waals surface area contributed by atoms with E-state index in [0.717, 1.165) is 45.1 Å². The molecule has 10 heteroatoms. The average molecular weight is 497 g/mol. The molecule has 2 aliphatic heterocycles. The van der Waals surface area contributed by atoms with E-state index in [1.807, 2.05) is 22.9 Å². The lowest BCUT2D eigenvalue weighted by Crippen LogP contribution is -2.32. The maximum absolute atomic E-state index is 5.99. The van der Waals surface area contributed by atoms with Crippen LogP contribution in [0.2, 0.25) is 0 Å². The second-order valence-electron chi connectivity index (χ2n) is 7.52. The summed E-state index contributed by atoms with van der Waals surface area (Å²) in [5, 5.41) is 17.5. The lowest BCUT2D eigenvalue weighted by atomic mass is 9.96. The molecule has 4 N–H and O–H groups in total. The van der Waals surface area contributed by atoms with Crippen LogP contribution in [0.4, 0.5) is 0 Å². The van der Waals surface area contributed by atoms with E-state index in [9.17, 15) is 0 Å². The van der Waals surface area contributed by atoms with Gasteiger partial charge in [0.15, 0.2) is 10.2 Å². The Balaban J connectivity index is 1.38. The summed E-state index contributed by atoms with van der Waals surface area (Å²) in [6.45, 7) is 0. The first kappa shape index (κ1) is 21.2. The summed E-state index contributed by atoms with van der Waals surface area (Å²) in [6, 6.07) is 16.6. The molecule has 2 unspecified atom stereocenters. The lowest BCUT2D eigenvalue weighted by molar-refractivity contribution is 0.368. The molecule has 0 amide bonds. The maximum Gasteiger partial charge on any atom is 0.187 e. The Morgan fingerprint density at radius 2 is 1.16 bits per heavy atom. The van der Waals surface area contributed by atoms with Crippen LogP contribution < -0.4 is 11.5 Å². The van der Waals surface area contributed by atoms with Gasteiger partial charge in [-0.25, -0.2) is 10.0 Å². The minimum Gasteiger partial charge on any atom is -0.375 e. The molecule has 0 bridgehead atoms. The summed E-state index contributed by atoms with van der Waals surface area (Å²) < 4.78 is 0. The number of hydrogen-bond acceptors (Lipinski definition) is 6. The van der Waals surface area contributed by atoms with Crippen LogP contribution in [-0.2, 0) is 0 Å². The van der Waals surface area contributed by atoms with Crippen molar-refractivity contribution in [1.29, 1.82) is 0 Å². The molecule has 1 aromatic carbocycles. The number of hydrogen-bond donors (Lipinski definition) is 2. The predicted octanol–water partition coefficient (Wildman–Crippen LogP) is 4.60. The predicted molar refractivity (Wildman–Crippen MR) is 140 cm³/mol. The van der Waals surface area contributed by atoms with E-state index in [-0.39, 0.29) is 22.3 Å². The molecule has 162 valence electrons. The molecule has 4 heterocycles. The summed E-state index contributed by atoms with van der Waals surface area (Å²) in [5.74, 6) is 0. The van der Waals surface area contributed by atoms with Crippen LogP contribution in [-0.4, -0.2) is 31.7 Å². The van der Waals surface area contributed by atoms with Crippen LogP contribution in [0, 0.1) is 0 Å². The van der Waals surface area contributed by atoms with Crippen LogP contribution in [0.1, 0.15) is 45.8 Å². The normalized spacial score (nSPS) is 20.4. The van der Waals surface area contributed by atoms with Crippen LogP contribution in [0.3, 0.4) is 0 Å². The molecule has 5 rings (SSSR count). The van der Waals surface area contributed by atoms with Crippen molar-refractivity contribution in [2.75, 3.05) is 0 Å². The first-order chi connectivity index (χ1) is 15.5. The molecule has 0 spiro atoms. The molecular formula is C22H20N6S4. The van der Waals surface area contributed by atoms with Gasteiger partial charge in [-0.15, -0.1) is 22.7 Å². The highest BCUT2D eigenvalue weighted by molar-refractivity contribution is 7.80. The minimum absolute atomic E-state index is 0.0214. The SMILES string of the molecule is NC(=S)N1N=C(c2cccs2)CC1c1ccc(C2CC(c3cccs3)=NN2C(N)=S)cc1. The fraction of sp³-hybridized carbons (Fsp3) is 0.182. The zero-order valence-corrected chi connectivity index (χ0v) is 20.2. The van der Waals surface area contributed by atoms with Gasteiger partial charge in [0.1, 0.15) is 0 Å². The van der Waals surface area contributed by atoms with E-state index < -0.39 is 0 Å². The molecular weight excluding hydrogens is 477 g/mol. The van der Waals surface area contributed by atoms with E-state index in [0.29, 0.717) is 0 Å². The zero-order valence-electron chi connectivity index (χ0n) is 16.9. The Kier molecular flexibility index (Phi) is 5.76. The smallest absolute Gasteiger partial charge is 0.187 e. The zero-order chi connectivity index (χ0) is 22.2. The molecule has 2 aromatic heterocycles. The van der Waals surface area contributed by atoms with Gasteiger partial charge in [0, 0.05) is 12.8 Å². The molecule has 0 saturated carbocycles. The minimum atomic E-state index is -0.0214. The molecule has 0 fully saturated rings. The van der Waals surface area contributed by atoms with Gasteiger partial charge in [0.25, 0.3) is 0 Å². The quantitative estimate of drug-likeness (QED) is 0.514. The largest absolute Gasteiger partial charge is 0.375 e. The highest BCUT2D eigenvalue weighted by Gasteiger charge is 2.33. The number of nitrogens with zero attached hydrogens (tertiary/aromatic N) is 4. The number of benzene rings is 1. The number of nitrogens with two attached hydrogens (primary N) is 2. The van der Waals surface area contributed by atoms with Gasteiger partial charge in [0.2, 0.25) is 0 Å². The summed E-state index contributed by atoms with van der Waals surface area (Å²) in [4.78, 5) is 2.28. The van der Waals surface area contributed by atoms with Crippen LogP contribution in [0.15, 0.2) is 69.5 Å². The summed E-state index contributed by atoms with van der Waals surface area (Å²) in [6.07, 6.45) is 1.51. The van der Waals surface area contributed by atoms with Crippen LogP contribution in [0.5, 0.6) is 0 Å². The molecule has 6 nitrogen and oxygen atoms in total. The molecule has 32 heavy (non-hydrogen) atoms. The molecule has 0 radical (unpaired) electrons. The summed E-state index contributed by atoms with van der Waals surface area (Å²) >= 11 is 13.9. The first-order valence-electron chi connectivity index (χ1n) is 10.0. The third-order valence-corrected chi connectivity index (χ3v) is 7.80. The Morgan fingerprint density at radius 3 is 1.47 bits per heavy atom. The molecule has 0 aliphatic carbocycles. The van der Waals surface area contributed by atoms with E-state index in [2.05, 4.69) is 36.4 Å². The Bertz CT molecular complexity index is 1100. The summed E-state index contributed by atoms with van der Waals surface area (Å²) in [7, 11) is 0.